The Balaban J connectivity index is 1.85. The summed E-state index contributed by atoms with van der Waals surface area (Å²) in [6.07, 6.45) is 1.65. The predicted octanol–water partition coefficient (Wildman–Crippen LogP) is 3.51. The van der Waals surface area contributed by atoms with E-state index in [9.17, 15) is 4.79 Å². The summed E-state index contributed by atoms with van der Waals surface area (Å²) in [6, 6.07) is 14.3. The summed E-state index contributed by atoms with van der Waals surface area (Å²) in [5.74, 6) is 0.844. The van der Waals surface area contributed by atoms with Crippen molar-refractivity contribution in [2.24, 2.45) is 0 Å². The molecule has 0 saturated heterocycles. The van der Waals surface area contributed by atoms with Crippen molar-refractivity contribution >= 4 is 5.97 Å². The first-order chi connectivity index (χ1) is 12.2. The fraction of sp³-hybridized carbons (Fsp3) is 0.350. The van der Waals surface area contributed by atoms with Crippen LogP contribution < -0.4 is 9.47 Å². The van der Waals surface area contributed by atoms with Gasteiger partial charge >= 0.3 is 5.97 Å². The molecule has 5 nitrogen and oxygen atoms in total. The number of hydrogen-bond donors (Lipinski definition) is 0. The van der Waals surface area contributed by atoms with Crippen LogP contribution in [-0.4, -0.2) is 40.0 Å². The van der Waals surface area contributed by atoms with Gasteiger partial charge in [-0.25, -0.2) is 4.79 Å². The van der Waals surface area contributed by atoms with E-state index in [1.54, 1.807) is 50.6 Å². The van der Waals surface area contributed by atoms with Crippen LogP contribution in [0.3, 0.4) is 0 Å². The maximum absolute atomic E-state index is 12.2. The minimum Gasteiger partial charge on any atom is -0.494 e. The Morgan fingerprint density at radius 1 is 0.800 bits per heavy atom. The van der Waals surface area contributed by atoms with Gasteiger partial charge in [-0.15, -0.1) is 0 Å². The maximum Gasteiger partial charge on any atom is 0.343 e. The van der Waals surface area contributed by atoms with Crippen molar-refractivity contribution in [3.63, 3.8) is 0 Å². The normalized spacial score (nSPS) is 10.5. The van der Waals surface area contributed by atoms with E-state index in [0.29, 0.717) is 31.1 Å². The zero-order valence-corrected chi connectivity index (χ0v) is 14.7. The monoisotopic (exact) mass is 344 g/mol. The second-order valence-electron chi connectivity index (χ2n) is 5.50. The smallest absolute Gasteiger partial charge is 0.343 e. The van der Waals surface area contributed by atoms with Gasteiger partial charge in [0.05, 0.1) is 18.8 Å². The van der Waals surface area contributed by atoms with Crippen molar-refractivity contribution in [1.82, 2.24) is 0 Å². The quantitative estimate of drug-likeness (QED) is 0.375. The van der Waals surface area contributed by atoms with Crippen LogP contribution in [0.1, 0.15) is 22.3 Å². The molecular formula is C20H24O5. The molecule has 0 atom stereocenters. The Labute approximate surface area is 148 Å². The molecule has 0 fully saturated rings. The molecule has 0 amide bonds. The zero-order chi connectivity index (χ0) is 17.9. The number of rotatable bonds is 10. The first kappa shape index (κ1) is 19.0. The van der Waals surface area contributed by atoms with Crippen LogP contribution in [0.4, 0.5) is 0 Å². The molecule has 0 N–H and O–H groups in total. The Morgan fingerprint density at radius 2 is 1.44 bits per heavy atom. The molecule has 0 aromatic heterocycles. The van der Waals surface area contributed by atoms with Gasteiger partial charge in [-0.05, 0) is 48.4 Å². The lowest BCUT2D eigenvalue weighted by Crippen LogP contribution is -2.08. The van der Waals surface area contributed by atoms with Crippen molar-refractivity contribution in [3.8, 4) is 11.5 Å². The van der Waals surface area contributed by atoms with Gasteiger partial charge in [0.2, 0.25) is 0 Å². The minimum atomic E-state index is -0.393. The van der Waals surface area contributed by atoms with E-state index in [1.165, 1.54) is 0 Å². The number of methoxy groups -OCH3 is 2. The van der Waals surface area contributed by atoms with Crippen molar-refractivity contribution < 1.29 is 23.7 Å². The van der Waals surface area contributed by atoms with Gasteiger partial charge in [-0.2, -0.15) is 0 Å². The summed E-state index contributed by atoms with van der Waals surface area (Å²) in [6.45, 7) is 1.90. The van der Waals surface area contributed by atoms with E-state index in [-0.39, 0.29) is 0 Å². The molecule has 0 aliphatic carbocycles. The average Bonchev–Trinajstić information content (AvgIpc) is 2.65. The molecule has 0 aliphatic rings. The second kappa shape index (κ2) is 10.5. The highest BCUT2D eigenvalue weighted by Crippen LogP contribution is 2.17. The summed E-state index contributed by atoms with van der Waals surface area (Å²) in [7, 11) is 3.33. The lowest BCUT2D eigenvalue weighted by Gasteiger charge is -2.08. The Hall–Kier alpha value is -2.37. The van der Waals surface area contributed by atoms with Gasteiger partial charge < -0.3 is 18.9 Å². The average molecular weight is 344 g/mol. The SMILES string of the molecule is COCCCOc1ccc(C(=O)Oc2ccc(CCOC)cc2)cc1. The lowest BCUT2D eigenvalue weighted by molar-refractivity contribution is 0.0734. The van der Waals surface area contributed by atoms with Crippen LogP contribution in [0, 0.1) is 0 Å². The highest BCUT2D eigenvalue weighted by molar-refractivity contribution is 5.91. The number of ether oxygens (including phenoxy) is 4. The van der Waals surface area contributed by atoms with Gasteiger partial charge in [-0.3, -0.25) is 0 Å². The van der Waals surface area contributed by atoms with Crippen molar-refractivity contribution in [3.05, 3.63) is 59.7 Å². The molecular weight excluding hydrogens is 320 g/mol. The van der Waals surface area contributed by atoms with Crippen molar-refractivity contribution in [2.45, 2.75) is 12.8 Å². The molecule has 134 valence electrons. The highest BCUT2D eigenvalue weighted by Gasteiger charge is 2.09. The summed E-state index contributed by atoms with van der Waals surface area (Å²) in [5.41, 5.74) is 1.62. The molecule has 0 aliphatic heterocycles. The fourth-order valence-electron chi connectivity index (χ4n) is 2.19. The number of esters is 1. The van der Waals surface area contributed by atoms with Crippen molar-refractivity contribution in [1.29, 1.82) is 0 Å². The predicted molar refractivity (Wildman–Crippen MR) is 95.4 cm³/mol. The number of carbonyl (C=O) groups is 1. The standard InChI is InChI=1S/C20H24O5/c1-22-13-3-14-24-18-10-6-17(7-11-18)20(21)25-19-8-4-16(5-9-19)12-15-23-2/h4-11H,3,12-15H2,1-2H3. The Kier molecular flexibility index (Phi) is 7.95. The number of benzene rings is 2. The van der Waals surface area contributed by atoms with Gasteiger partial charge in [0.15, 0.2) is 0 Å². The third-order valence-electron chi connectivity index (χ3n) is 3.58. The lowest BCUT2D eigenvalue weighted by atomic mass is 10.1. The molecule has 0 spiro atoms. The third-order valence-corrected chi connectivity index (χ3v) is 3.58. The topological polar surface area (TPSA) is 54.0 Å². The number of hydrogen-bond acceptors (Lipinski definition) is 5. The van der Waals surface area contributed by atoms with Crippen LogP contribution in [-0.2, 0) is 15.9 Å². The van der Waals surface area contributed by atoms with Gasteiger partial charge in [0, 0.05) is 27.2 Å². The summed E-state index contributed by atoms with van der Waals surface area (Å²) in [4.78, 5) is 12.2. The van der Waals surface area contributed by atoms with Crippen molar-refractivity contribution in [2.75, 3.05) is 34.0 Å². The first-order valence-electron chi connectivity index (χ1n) is 8.25. The summed E-state index contributed by atoms with van der Waals surface area (Å²) < 4.78 is 21.0. The third kappa shape index (κ3) is 6.57. The maximum atomic E-state index is 12.2. The minimum absolute atomic E-state index is 0.393. The fourth-order valence-corrected chi connectivity index (χ4v) is 2.19. The van der Waals surface area contributed by atoms with Crippen LogP contribution in [0.2, 0.25) is 0 Å². The van der Waals surface area contributed by atoms with Crippen LogP contribution in [0.15, 0.2) is 48.5 Å². The molecule has 0 unspecified atom stereocenters. The molecule has 0 saturated carbocycles. The highest BCUT2D eigenvalue weighted by atomic mass is 16.5. The van der Waals surface area contributed by atoms with E-state index in [4.69, 9.17) is 18.9 Å². The molecule has 0 heterocycles. The summed E-state index contributed by atoms with van der Waals surface area (Å²) in [5, 5.41) is 0. The molecule has 0 bridgehead atoms. The van der Waals surface area contributed by atoms with Gasteiger partial charge in [0.25, 0.3) is 0 Å². The van der Waals surface area contributed by atoms with E-state index < -0.39 is 5.97 Å². The van der Waals surface area contributed by atoms with E-state index in [1.807, 2.05) is 12.1 Å². The van der Waals surface area contributed by atoms with Crippen LogP contribution in [0.5, 0.6) is 11.5 Å². The van der Waals surface area contributed by atoms with E-state index in [0.717, 1.165) is 24.2 Å². The van der Waals surface area contributed by atoms with Crippen LogP contribution in [0.25, 0.3) is 0 Å². The molecule has 2 aromatic carbocycles. The first-order valence-corrected chi connectivity index (χ1v) is 8.25. The van der Waals surface area contributed by atoms with E-state index in [2.05, 4.69) is 0 Å². The molecule has 2 rings (SSSR count). The summed E-state index contributed by atoms with van der Waals surface area (Å²) >= 11 is 0. The zero-order valence-electron chi connectivity index (χ0n) is 14.7. The molecule has 25 heavy (non-hydrogen) atoms. The van der Waals surface area contributed by atoms with Gasteiger partial charge in [-0.1, -0.05) is 12.1 Å². The Morgan fingerprint density at radius 3 is 2.08 bits per heavy atom. The second-order valence-corrected chi connectivity index (χ2v) is 5.50. The van der Waals surface area contributed by atoms with Gasteiger partial charge in [0.1, 0.15) is 11.5 Å². The number of carbonyl (C=O) groups excluding carboxylic acids is 1. The molecule has 0 radical (unpaired) electrons. The Bertz CT molecular complexity index is 634. The van der Waals surface area contributed by atoms with E-state index >= 15 is 0 Å². The molecule has 2 aromatic rings. The largest absolute Gasteiger partial charge is 0.494 e. The molecule has 5 heteroatoms. The van der Waals surface area contributed by atoms with Crippen LogP contribution >= 0.6 is 0 Å².